The highest BCUT2D eigenvalue weighted by Crippen LogP contribution is 2.21. The van der Waals surface area contributed by atoms with Crippen LogP contribution in [0.1, 0.15) is 28.3 Å². The van der Waals surface area contributed by atoms with Crippen LogP contribution in [0.25, 0.3) is 0 Å². The third kappa shape index (κ3) is 2.94. The van der Waals surface area contributed by atoms with Crippen LogP contribution in [-0.2, 0) is 6.42 Å². The molecule has 0 spiro atoms. The SMILES string of the molecule is Cc1ccc(C(Cc2cccnc2)NN)c(C)c1. The van der Waals surface area contributed by atoms with Gasteiger partial charge in [-0.25, -0.2) is 0 Å². The lowest BCUT2D eigenvalue weighted by Crippen LogP contribution is -2.30. The molecule has 0 radical (unpaired) electrons. The molecule has 3 heteroatoms. The molecule has 2 aromatic rings. The Labute approximate surface area is 108 Å². The van der Waals surface area contributed by atoms with E-state index in [4.69, 9.17) is 5.84 Å². The summed E-state index contributed by atoms with van der Waals surface area (Å²) >= 11 is 0. The van der Waals surface area contributed by atoms with Crippen LogP contribution in [0.15, 0.2) is 42.7 Å². The van der Waals surface area contributed by atoms with Crippen molar-refractivity contribution in [3.8, 4) is 0 Å². The first-order valence-corrected chi connectivity index (χ1v) is 6.13. The van der Waals surface area contributed by atoms with Gasteiger partial charge in [-0.3, -0.25) is 16.3 Å². The zero-order valence-electron chi connectivity index (χ0n) is 10.9. The van der Waals surface area contributed by atoms with E-state index in [1.165, 1.54) is 22.3 Å². The van der Waals surface area contributed by atoms with Gasteiger partial charge in [0.2, 0.25) is 0 Å². The van der Waals surface area contributed by atoms with Gasteiger partial charge in [0.15, 0.2) is 0 Å². The molecule has 1 atom stereocenters. The predicted molar refractivity (Wildman–Crippen MR) is 73.9 cm³/mol. The molecule has 0 fully saturated rings. The molecule has 18 heavy (non-hydrogen) atoms. The van der Waals surface area contributed by atoms with E-state index in [0.29, 0.717) is 0 Å². The molecule has 94 valence electrons. The van der Waals surface area contributed by atoms with Crippen LogP contribution >= 0.6 is 0 Å². The molecular formula is C15H19N3. The fraction of sp³-hybridized carbons (Fsp3) is 0.267. The van der Waals surface area contributed by atoms with Gasteiger partial charge in [0.05, 0.1) is 6.04 Å². The van der Waals surface area contributed by atoms with Crippen LogP contribution in [0.3, 0.4) is 0 Å². The number of nitrogens with one attached hydrogen (secondary N) is 1. The van der Waals surface area contributed by atoms with Gasteiger partial charge in [-0.1, -0.05) is 29.8 Å². The van der Waals surface area contributed by atoms with E-state index in [0.717, 1.165) is 6.42 Å². The minimum atomic E-state index is 0.120. The monoisotopic (exact) mass is 241 g/mol. The zero-order chi connectivity index (χ0) is 13.0. The summed E-state index contributed by atoms with van der Waals surface area (Å²) < 4.78 is 0. The van der Waals surface area contributed by atoms with Crippen molar-refractivity contribution in [1.29, 1.82) is 0 Å². The molecule has 1 aromatic carbocycles. The van der Waals surface area contributed by atoms with Crippen molar-refractivity contribution in [2.24, 2.45) is 5.84 Å². The van der Waals surface area contributed by atoms with E-state index < -0.39 is 0 Å². The van der Waals surface area contributed by atoms with Crippen LogP contribution in [-0.4, -0.2) is 4.98 Å². The normalized spacial score (nSPS) is 12.4. The summed E-state index contributed by atoms with van der Waals surface area (Å²) in [6.45, 7) is 4.22. The van der Waals surface area contributed by atoms with E-state index in [-0.39, 0.29) is 6.04 Å². The average Bonchev–Trinajstić information content (AvgIpc) is 2.38. The number of aryl methyl sites for hydroxylation is 2. The highest BCUT2D eigenvalue weighted by molar-refractivity contribution is 5.33. The molecule has 2 rings (SSSR count). The van der Waals surface area contributed by atoms with E-state index >= 15 is 0 Å². The number of nitrogens with two attached hydrogens (primary N) is 1. The topological polar surface area (TPSA) is 50.9 Å². The molecule has 0 aliphatic rings. The van der Waals surface area contributed by atoms with Gasteiger partial charge in [-0.2, -0.15) is 0 Å². The first kappa shape index (κ1) is 12.7. The number of hydrogen-bond acceptors (Lipinski definition) is 3. The van der Waals surface area contributed by atoms with E-state index in [1.807, 2.05) is 12.3 Å². The van der Waals surface area contributed by atoms with Crippen molar-refractivity contribution in [1.82, 2.24) is 10.4 Å². The summed E-state index contributed by atoms with van der Waals surface area (Å²) in [4.78, 5) is 4.13. The van der Waals surface area contributed by atoms with Crippen LogP contribution in [0, 0.1) is 13.8 Å². The first-order chi connectivity index (χ1) is 8.70. The maximum Gasteiger partial charge on any atom is 0.0503 e. The number of hydrazine groups is 1. The van der Waals surface area contributed by atoms with E-state index in [9.17, 15) is 0 Å². The van der Waals surface area contributed by atoms with Crippen molar-refractivity contribution in [3.63, 3.8) is 0 Å². The molecule has 3 N–H and O–H groups in total. The molecule has 0 aliphatic heterocycles. The molecule has 0 saturated heterocycles. The maximum absolute atomic E-state index is 5.69. The number of benzene rings is 1. The summed E-state index contributed by atoms with van der Waals surface area (Å²) in [5.41, 5.74) is 7.86. The fourth-order valence-corrected chi connectivity index (χ4v) is 2.23. The standard InChI is InChI=1S/C15H19N3/c1-11-5-6-14(12(2)8-11)15(18-16)9-13-4-3-7-17-10-13/h3-8,10,15,18H,9,16H2,1-2H3. The molecular weight excluding hydrogens is 222 g/mol. The Balaban J connectivity index is 2.23. The van der Waals surface area contributed by atoms with Crippen molar-refractivity contribution in [3.05, 3.63) is 65.0 Å². The number of nitrogens with zero attached hydrogens (tertiary/aromatic N) is 1. The fourth-order valence-electron chi connectivity index (χ4n) is 2.23. The summed E-state index contributed by atoms with van der Waals surface area (Å²) in [5.74, 6) is 5.69. The maximum atomic E-state index is 5.69. The predicted octanol–water partition coefficient (Wildman–Crippen LogP) is 2.45. The highest BCUT2D eigenvalue weighted by atomic mass is 15.2. The quantitative estimate of drug-likeness (QED) is 0.638. The molecule has 1 aromatic heterocycles. The van der Waals surface area contributed by atoms with E-state index in [1.54, 1.807) is 6.20 Å². The Morgan fingerprint density at radius 3 is 2.72 bits per heavy atom. The van der Waals surface area contributed by atoms with Gasteiger partial charge in [-0.05, 0) is 43.0 Å². The van der Waals surface area contributed by atoms with Gasteiger partial charge in [-0.15, -0.1) is 0 Å². The minimum absolute atomic E-state index is 0.120. The Kier molecular flexibility index (Phi) is 4.07. The second-order valence-corrected chi connectivity index (χ2v) is 4.64. The minimum Gasteiger partial charge on any atom is -0.271 e. The summed E-state index contributed by atoms with van der Waals surface area (Å²) in [6, 6.07) is 10.6. The highest BCUT2D eigenvalue weighted by Gasteiger charge is 2.12. The van der Waals surface area contributed by atoms with Crippen molar-refractivity contribution < 1.29 is 0 Å². The van der Waals surface area contributed by atoms with Crippen LogP contribution in [0.5, 0.6) is 0 Å². The van der Waals surface area contributed by atoms with E-state index in [2.05, 4.69) is 48.5 Å². The van der Waals surface area contributed by atoms with Crippen molar-refractivity contribution in [2.75, 3.05) is 0 Å². The van der Waals surface area contributed by atoms with Crippen LogP contribution < -0.4 is 11.3 Å². The molecule has 3 nitrogen and oxygen atoms in total. The summed E-state index contributed by atoms with van der Waals surface area (Å²) in [5, 5.41) is 0. The lowest BCUT2D eigenvalue weighted by atomic mass is 9.95. The van der Waals surface area contributed by atoms with Crippen LogP contribution in [0.2, 0.25) is 0 Å². The van der Waals surface area contributed by atoms with Crippen molar-refractivity contribution >= 4 is 0 Å². The van der Waals surface area contributed by atoms with Gasteiger partial charge < -0.3 is 0 Å². The second-order valence-electron chi connectivity index (χ2n) is 4.64. The lowest BCUT2D eigenvalue weighted by molar-refractivity contribution is 0.548. The van der Waals surface area contributed by atoms with Gasteiger partial charge in [0, 0.05) is 12.4 Å². The zero-order valence-corrected chi connectivity index (χ0v) is 10.9. The van der Waals surface area contributed by atoms with Gasteiger partial charge in [0.25, 0.3) is 0 Å². The molecule has 1 unspecified atom stereocenters. The Morgan fingerprint density at radius 1 is 1.28 bits per heavy atom. The Morgan fingerprint density at radius 2 is 2.11 bits per heavy atom. The molecule has 0 bridgehead atoms. The summed E-state index contributed by atoms with van der Waals surface area (Å²) in [7, 11) is 0. The number of pyridine rings is 1. The third-order valence-corrected chi connectivity index (χ3v) is 3.16. The lowest BCUT2D eigenvalue weighted by Gasteiger charge is -2.19. The molecule has 0 saturated carbocycles. The van der Waals surface area contributed by atoms with Crippen LogP contribution in [0.4, 0.5) is 0 Å². The number of aromatic nitrogens is 1. The first-order valence-electron chi connectivity index (χ1n) is 6.13. The second kappa shape index (κ2) is 5.76. The molecule has 0 amide bonds. The third-order valence-electron chi connectivity index (χ3n) is 3.16. The number of rotatable bonds is 4. The molecule has 1 heterocycles. The molecule has 0 aliphatic carbocycles. The van der Waals surface area contributed by atoms with Crippen molar-refractivity contribution in [2.45, 2.75) is 26.3 Å². The largest absolute Gasteiger partial charge is 0.271 e. The number of hydrogen-bond donors (Lipinski definition) is 2. The van der Waals surface area contributed by atoms with Gasteiger partial charge in [0.1, 0.15) is 0 Å². The summed E-state index contributed by atoms with van der Waals surface area (Å²) in [6.07, 6.45) is 4.51. The average molecular weight is 241 g/mol. The van der Waals surface area contributed by atoms with Gasteiger partial charge >= 0.3 is 0 Å². The Bertz CT molecular complexity index is 508. The smallest absolute Gasteiger partial charge is 0.0503 e. The Hall–Kier alpha value is -1.71.